The van der Waals surface area contributed by atoms with Crippen molar-refractivity contribution in [3.63, 3.8) is 0 Å². The van der Waals surface area contributed by atoms with Crippen molar-refractivity contribution in [1.29, 1.82) is 0 Å². The van der Waals surface area contributed by atoms with Gasteiger partial charge in [0.2, 0.25) is 0 Å². The van der Waals surface area contributed by atoms with Crippen LogP contribution < -0.4 is 11.2 Å². The lowest BCUT2D eigenvalue weighted by atomic mass is 9.91. The Kier molecular flexibility index (Phi) is 4.24. The molecule has 0 radical (unpaired) electrons. The zero-order chi connectivity index (χ0) is 15.5. The summed E-state index contributed by atoms with van der Waals surface area (Å²) >= 11 is 5.97. The Morgan fingerprint density at radius 3 is 2.82 bits per heavy atom. The van der Waals surface area contributed by atoms with Gasteiger partial charge in [-0.25, -0.2) is 4.79 Å². The van der Waals surface area contributed by atoms with Gasteiger partial charge in [-0.1, -0.05) is 16.8 Å². The summed E-state index contributed by atoms with van der Waals surface area (Å²) in [7, 11) is 0. The van der Waals surface area contributed by atoms with Crippen molar-refractivity contribution in [3.8, 4) is 0 Å². The van der Waals surface area contributed by atoms with E-state index in [1.54, 1.807) is 6.07 Å². The number of benzene rings is 1. The van der Waals surface area contributed by atoms with Gasteiger partial charge in [0.25, 0.3) is 0 Å². The van der Waals surface area contributed by atoms with Crippen molar-refractivity contribution in [2.75, 3.05) is 0 Å². The predicted molar refractivity (Wildman–Crippen MR) is 86.4 cm³/mol. The summed E-state index contributed by atoms with van der Waals surface area (Å²) in [5, 5.41) is 11.9. The minimum Gasteiger partial charge on any atom is -0.305 e. The molecule has 1 fully saturated rings. The number of nitrogens with one attached hydrogen (secondary N) is 2. The molecule has 3 rings (SSSR count). The Hall–Kier alpha value is -2.15. The zero-order valence-electron chi connectivity index (χ0n) is 12.0. The predicted octanol–water partition coefficient (Wildman–Crippen LogP) is 3.04. The molecular weight excluding hydrogens is 304 g/mol. The van der Waals surface area contributed by atoms with Crippen LogP contribution in [0.1, 0.15) is 31.7 Å². The number of hydrogen-bond acceptors (Lipinski definition) is 4. The van der Waals surface area contributed by atoms with Crippen LogP contribution >= 0.6 is 11.6 Å². The molecule has 1 heterocycles. The van der Waals surface area contributed by atoms with Gasteiger partial charge in [0.1, 0.15) is 0 Å². The third kappa shape index (κ3) is 2.89. The van der Waals surface area contributed by atoms with E-state index >= 15 is 0 Å². The molecule has 0 saturated heterocycles. The van der Waals surface area contributed by atoms with Crippen LogP contribution in [0.2, 0.25) is 5.02 Å². The molecule has 0 spiro atoms. The smallest absolute Gasteiger partial charge is 0.305 e. The van der Waals surface area contributed by atoms with Gasteiger partial charge in [0, 0.05) is 17.8 Å². The molecule has 0 aliphatic heterocycles. The molecule has 2 aromatic rings. The number of H-pyrrole nitrogens is 1. The average Bonchev–Trinajstić information content (AvgIpc) is 2.83. The molecule has 8 heteroatoms. The number of hydrogen-bond donors (Lipinski definition) is 2. The van der Waals surface area contributed by atoms with Crippen LogP contribution in [0.15, 0.2) is 38.4 Å². The Morgan fingerprint density at radius 2 is 2.09 bits per heavy atom. The van der Waals surface area contributed by atoms with Crippen LogP contribution in [0.4, 0.5) is 0 Å². The topological polar surface area (TPSA) is 86.9 Å². The molecule has 116 valence electrons. The fraction of sp³-hybridized carbons (Fsp3) is 0.429. The van der Waals surface area contributed by atoms with E-state index in [0.717, 1.165) is 36.7 Å². The van der Waals surface area contributed by atoms with Crippen molar-refractivity contribution < 1.29 is 0 Å². The minimum absolute atomic E-state index is 0.0835. The number of halogens is 1. The van der Waals surface area contributed by atoms with Crippen LogP contribution in [0.25, 0.3) is 11.0 Å². The summed E-state index contributed by atoms with van der Waals surface area (Å²) in [5.74, 6) is 0. The second kappa shape index (κ2) is 6.31. The lowest BCUT2D eigenvalue weighted by Crippen LogP contribution is -2.27. The largest absolute Gasteiger partial charge is 0.326 e. The Balaban J connectivity index is 1.78. The minimum atomic E-state index is -0.0835. The number of rotatable bonds is 4. The van der Waals surface area contributed by atoms with Gasteiger partial charge in [0.05, 0.1) is 17.1 Å². The standard InChI is InChI=1S/C14H17ClN6O/c1-16-19-20-18-10-3-5-11(6-4-10)21-13-7-2-9(15)8-12(13)17-14(21)22/h2,7-8,10-11H,1,3-6H2,(H,17,22)(H,18,19)/t10-,11-. The summed E-state index contributed by atoms with van der Waals surface area (Å²) in [4.78, 5) is 15.1. The van der Waals surface area contributed by atoms with Gasteiger partial charge in [-0.3, -0.25) is 4.57 Å². The molecular formula is C14H17ClN6O. The van der Waals surface area contributed by atoms with E-state index in [-0.39, 0.29) is 17.8 Å². The normalized spacial score (nSPS) is 22.2. The van der Waals surface area contributed by atoms with E-state index in [0.29, 0.717) is 5.02 Å². The highest BCUT2D eigenvalue weighted by molar-refractivity contribution is 6.31. The van der Waals surface area contributed by atoms with Gasteiger partial charge in [-0.05, 0) is 43.9 Å². The Morgan fingerprint density at radius 1 is 1.32 bits per heavy atom. The molecule has 0 bridgehead atoms. The molecule has 0 unspecified atom stereocenters. The van der Waals surface area contributed by atoms with Crippen LogP contribution in [0.3, 0.4) is 0 Å². The highest BCUT2D eigenvalue weighted by Gasteiger charge is 2.24. The van der Waals surface area contributed by atoms with E-state index < -0.39 is 0 Å². The molecule has 1 saturated carbocycles. The lowest BCUT2D eigenvalue weighted by molar-refractivity contribution is 0.317. The maximum atomic E-state index is 12.2. The first-order chi connectivity index (χ1) is 10.7. The van der Waals surface area contributed by atoms with E-state index in [2.05, 4.69) is 32.7 Å². The van der Waals surface area contributed by atoms with Crippen molar-refractivity contribution in [3.05, 3.63) is 33.7 Å². The summed E-state index contributed by atoms with van der Waals surface area (Å²) < 4.78 is 1.84. The number of hydrazone groups is 1. The summed E-state index contributed by atoms with van der Waals surface area (Å²) in [5.41, 5.74) is 3.97. The van der Waals surface area contributed by atoms with Crippen LogP contribution in [0.5, 0.6) is 0 Å². The maximum Gasteiger partial charge on any atom is 0.326 e. The van der Waals surface area contributed by atoms with E-state index in [1.165, 1.54) is 0 Å². The molecule has 2 N–H and O–H groups in total. The number of imidazole rings is 1. The molecule has 1 aliphatic rings. The first kappa shape index (κ1) is 14.8. The van der Waals surface area contributed by atoms with Gasteiger partial charge in [-0.15, -0.1) is 0 Å². The first-order valence-electron chi connectivity index (χ1n) is 7.19. The second-order valence-corrected chi connectivity index (χ2v) is 5.83. The van der Waals surface area contributed by atoms with E-state index in [9.17, 15) is 4.79 Å². The van der Waals surface area contributed by atoms with Gasteiger partial charge in [-0.2, -0.15) is 15.8 Å². The van der Waals surface area contributed by atoms with E-state index in [4.69, 9.17) is 11.6 Å². The molecule has 1 aromatic carbocycles. The van der Waals surface area contributed by atoms with Crippen molar-refractivity contribution in [2.24, 2.45) is 15.4 Å². The molecule has 1 aromatic heterocycles. The zero-order valence-corrected chi connectivity index (χ0v) is 12.8. The molecule has 0 amide bonds. The third-order valence-electron chi connectivity index (χ3n) is 4.05. The van der Waals surface area contributed by atoms with Crippen molar-refractivity contribution in [1.82, 2.24) is 15.1 Å². The Bertz CT molecular complexity index is 756. The van der Waals surface area contributed by atoms with Crippen LogP contribution in [-0.4, -0.2) is 22.3 Å². The molecule has 22 heavy (non-hydrogen) atoms. The third-order valence-corrected chi connectivity index (χ3v) is 4.28. The highest BCUT2D eigenvalue weighted by atomic mass is 35.5. The van der Waals surface area contributed by atoms with Gasteiger partial charge >= 0.3 is 5.69 Å². The first-order valence-corrected chi connectivity index (χ1v) is 7.57. The number of aromatic amines is 1. The van der Waals surface area contributed by atoms with Gasteiger partial charge < -0.3 is 4.98 Å². The number of nitrogens with zero attached hydrogens (tertiary/aromatic N) is 4. The van der Waals surface area contributed by atoms with Crippen molar-refractivity contribution in [2.45, 2.75) is 37.8 Å². The number of fused-ring (bicyclic) bond motifs is 1. The Labute approximate surface area is 132 Å². The molecule has 0 atom stereocenters. The fourth-order valence-corrected chi connectivity index (χ4v) is 3.21. The van der Waals surface area contributed by atoms with Crippen LogP contribution in [0, 0.1) is 0 Å². The van der Waals surface area contributed by atoms with Crippen LogP contribution in [-0.2, 0) is 0 Å². The summed E-state index contributed by atoms with van der Waals surface area (Å²) in [6.45, 7) is 3.27. The van der Waals surface area contributed by atoms with E-state index in [1.807, 2.05) is 16.7 Å². The quantitative estimate of drug-likeness (QED) is 0.515. The lowest BCUT2D eigenvalue weighted by Gasteiger charge is -2.26. The second-order valence-electron chi connectivity index (χ2n) is 5.40. The average molecular weight is 321 g/mol. The maximum absolute atomic E-state index is 12.2. The van der Waals surface area contributed by atoms with Crippen molar-refractivity contribution >= 4 is 29.4 Å². The molecule has 1 aliphatic carbocycles. The fourth-order valence-electron chi connectivity index (χ4n) is 3.04. The summed E-state index contributed by atoms with van der Waals surface area (Å²) in [6, 6.07) is 5.82. The highest BCUT2D eigenvalue weighted by Crippen LogP contribution is 2.31. The summed E-state index contributed by atoms with van der Waals surface area (Å²) in [6.07, 6.45) is 3.56. The number of aromatic nitrogens is 2. The van der Waals surface area contributed by atoms with Gasteiger partial charge in [0.15, 0.2) is 0 Å². The molecule has 7 nitrogen and oxygen atoms in total. The monoisotopic (exact) mass is 320 g/mol. The SMILES string of the molecule is C=NNN=N[C@H]1CC[C@H](n2c(=O)[nH]c3cc(Cl)ccc32)CC1.